The lowest BCUT2D eigenvalue weighted by molar-refractivity contribution is -0.147. The van der Waals surface area contributed by atoms with Crippen LogP contribution in [0.15, 0.2) is 30.5 Å². The molecule has 1 aromatic carbocycles. The van der Waals surface area contributed by atoms with Crippen LogP contribution in [0.4, 0.5) is 0 Å². The highest BCUT2D eigenvalue weighted by atomic mass is 32.1. The van der Waals surface area contributed by atoms with E-state index in [-0.39, 0.29) is 12.2 Å². The molecule has 0 aliphatic rings. The second-order valence-corrected chi connectivity index (χ2v) is 8.44. The van der Waals surface area contributed by atoms with Crippen LogP contribution >= 0.6 is 12.6 Å². The van der Waals surface area contributed by atoms with Gasteiger partial charge < -0.3 is 42.0 Å². The van der Waals surface area contributed by atoms with Crippen LogP contribution in [0.2, 0.25) is 0 Å². The maximum absolute atomic E-state index is 13.0. The third-order valence-electron chi connectivity index (χ3n) is 5.27. The quantitative estimate of drug-likeness (QED) is 0.126. The Morgan fingerprint density at radius 2 is 1.41 bits per heavy atom. The van der Waals surface area contributed by atoms with Crippen LogP contribution in [0.5, 0.6) is 0 Å². The van der Waals surface area contributed by atoms with Gasteiger partial charge in [0.25, 0.3) is 0 Å². The monoisotopic (exact) mass is 537 g/mol. The van der Waals surface area contributed by atoms with Gasteiger partial charge in [-0.2, -0.15) is 12.6 Å². The zero-order valence-electron chi connectivity index (χ0n) is 19.3. The summed E-state index contributed by atoms with van der Waals surface area (Å²) in [5, 5.41) is 34.6. The van der Waals surface area contributed by atoms with Crippen molar-refractivity contribution in [2.45, 2.75) is 43.4 Å². The van der Waals surface area contributed by atoms with E-state index < -0.39 is 72.6 Å². The Hall–Kier alpha value is -4.11. The van der Waals surface area contributed by atoms with Crippen molar-refractivity contribution in [1.82, 2.24) is 20.9 Å². The molecule has 0 radical (unpaired) electrons. The zero-order chi connectivity index (χ0) is 27.7. The topological polar surface area (TPSA) is 241 Å². The molecule has 200 valence electrons. The number of aromatic nitrogens is 1. The number of aliphatic carboxylic acids is 3. The fourth-order valence-corrected chi connectivity index (χ4v) is 3.66. The standard InChI is InChI=1S/C22H27N5O9S/c23-12(6-17(28)29)19(32)27-16(9-37)21(34)25-14(20(33)26-15(22(35)36)7-18(30)31)5-10-8-24-13-4-2-1-3-11(10)13/h1-4,8,12,14-16,24,37H,5-7,9,23H2,(H,25,34)(H,26,33)(H,27,32)(H,28,29)(H,30,31)(H,35,36). The number of hydrogen-bond acceptors (Lipinski definition) is 8. The number of carbonyl (C=O) groups excluding carboxylic acids is 3. The van der Waals surface area contributed by atoms with E-state index in [1.165, 1.54) is 0 Å². The summed E-state index contributed by atoms with van der Waals surface area (Å²) in [5.74, 6) is -7.38. The lowest BCUT2D eigenvalue weighted by Crippen LogP contribution is -2.58. The molecule has 1 aromatic heterocycles. The molecule has 0 saturated heterocycles. The highest BCUT2D eigenvalue weighted by Gasteiger charge is 2.31. The van der Waals surface area contributed by atoms with Gasteiger partial charge in [0.05, 0.1) is 18.9 Å². The van der Waals surface area contributed by atoms with Crippen molar-refractivity contribution in [3.8, 4) is 0 Å². The Kier molecular flexibility index (Phi) is 10.4. The van der Waals surface area contributed by atoms with Gasteiger partial charge in [0, 0.05) is 29.3 Å². The second kappa shape index (κ2) is 13.3. The number of fused-ring (bicyclic) bond motifs is 1. The molecule has 37 heavy (non-hydrogen) atoms. The van der Waals surface area contributed by atoms with E-state index in [0.717, 1.165) is 10.9 Å². The third kappa shape index (κ3) is 8.50. The molecule has 4 atom stereocenters. The van der Waals surface area contributed by atoms with E-state index >= 15 is 0 Å². The van der Waals surface area contributed by atoms with Gasteiger partial charge in [-0.15, -0.1) is 0 Å². The summed E-state index contributed by atoms with van der Waals surface area (Å²) >= 11 is 4.02. The summed E-state index contributed by atoms with van der Waals surface area (Å²) in [5.41, 5.74) is 6.85. The van der Waals surface area contributed by atoms with E-state index in [2.05, 4.69) is 33.6 Å². The SMILES string of the molecule is NC(CC(=O)O)C(=O)NC(CS)C(=O)NC(Cc1c[nH]c2ccccc12)C(=O)NC(CC(=O)O)C(=O)O. The summed E-state index contributed by atoms with van der Waals surface area (Å²) in [6.07, 6.45) is -0.0946. The third-order valence-corrected chi connectivity index (χ3v) is 5.64. The Morgan fingerprint density at radius 3 is 2.00 bits per heavy atom. The summed E-state index contributed by atoms with van der Waals surface area (Å²) in [6, 6.07) is 1.19. The fraction of sp³-hybridized carbons (Fsp3) is 0.364. The van der Waals surface area contributed by atoms with E-state index in [1.807, 2.05) is 0 Å². The van der Waals surface area contributed by atoms with Crippen molar-refractivity contribution in [2.75, 3.05) is 5.75 Å². The molecule has 2 rings (SSSR count). The smallest absolute Gasteiger partial charge is 0.326 e. The number of hydrogen-bond donors (Lipinski definition) is 9. The van der Waals surface area contributed by atoms with E-state index in [9.17, 15) is 33.9 Å². The van der Waals surface area contributed by atoms with Crippen LogP contribution in [0.1, 0.15) is 18.4 Å². The Labute approximate surface area is 215 Å². The number of aromatic amines is 1. The number of para-hydroxylation sites is 1. The van der Waals surface area contributed by atoms with Gasteiger partial charge in [-0.05, 0) is 11.6 Å². The molecule has 1 heterocycles. The highest BCUT2D eigenvalue weighted by molar-refractivity contribution is 7.80. The summed E-state index contributed by atoms with van der Waals surface area (Å²) < 4.78 is 0. The first-order valence-corrected chi connectivity index (χ1v) is 11.5. The summed E-state index contributed by atoms with van der Waals surface area (Å²) in [7, 11) is 0. The molecule has 0 fully saturated rings. The van der Waals surface area contributed by atoms with Gasteiger partial charge in [0.2, 0.25) is 17.7 Å². The lowest BCUT2D eigenvalue weighted by Gasteiger charge is -2.24. The number of carboxylic acids is 3. The minimum atomic E-state index is -1.76. The molecular formula is C22H27N5O9S. The van der Waals surface area contributed by atoms with Crippen LogP contribution in [-0.4, -0.2) is 85.9 Å². The predicted molar refractivity (Wildman–Crippen MR) is 132 cm³/mol. The van der Waals surface area contributed by atoms with E-state index in [1.54, 1.807) is 30.5 Å². The first kappa shape index (κ1) is 29.1. The van der Waals surface area contributed by atoms with Crippen LogP contribution in [-0.2, 0) is 35.2 Å². The molecule has 0 bridgehead atoms. The van der Waals surface area contributed by atoms with Gasteiger partial charge in [-0.25, -0.2) is 4.79 Å². The number of rotatable bonds is 14. The molecule has 4 unspecified atom stereocenters. The number of thiol groups is 1. The minimum Gasteiger partial charge on any atom is -0.481 e. The van der Waals surface area contributed by atoms with Crippen molar-refractivity contribution in [2.24, 2.45) is 5.73 Å². The van der Waals surface area contributed by atoms with Gasteiger partial charge >= 0.3 is 17.9 Å². The summed E-state index contributed by atoms with van der Waals surface area (Å²) in [4.78, 5) is 74.4. The molecule has 0 saturated carbocycles. The van der Waals surface area contributed by atoms with Gasteiger partial charge in [-0.1, -0.05) is 18.2 Å². The van der Waals surface area contributed by atoms with E-state index in [0.29, 0.717) is 5.56 Å². The molecule has 3 amide bonds. The molecule has 9 N–H and O–H groups in total. The van der Waals surface area contributed by atoms with Gasteiger partial charge in [-0.3, -0.25) is 24.0 Å². The van der Waals surface area contributed by atoms with Gasteiger partial charge in [0.1, 0.15) is 18.1 Å². The molecule has 0 aliphatic heterocycles. The lowest BCUT2D eigenvalue weighted by atomic mass is 10.0. The van der Waals surface area contributed by atoms with Crippen LogP contribution in [0.3, 0.4) is 0 Å². The Morgan fingerprint density at radius 1 is 0.838 bits per heavy atom. The van der Waals surface area contributed by atoms with Crippen molar-refractivity contribution in [1.29, 1.82) is 0 Å². The van der Waals surface area contributed by atoms with E-state index in [4.69, 9.17) is 15.9 Å². The number of benzene rings is 1. The zero-order valence-corrected chi connectivity index (χ0v) is 20.2. The fourth-order valence-electron chi connectivity index (χ4n) is 3.40. The highest BCUT2D eigenvalue weighted by Crippen LogP contribution is 2.19. The molecule has 14 nitrogen and oxygen atoms in total. The predicted octanol–water partition coefficient (Wildman–Crippen LogP) is -1.54. The number of carbonyl (C=O) groups is 6. The Bertz CT molecular complexity index is 1180. The second-order valence-electron chi connectivity index (χ2n) is 8.07. The largest absolute Gasteiger partial charge is 0.481 e. The maximum atomic E-state index is 13.0. The molecule has 0 spiro atoms. The molecule has 15 heteroatoms. The molecule has 2 aromatic rings. The number of H-pyrrole nitrogens is 1. The minimum absolute atomic E-state index is 0.118. The first-order chi connectivity index (χ1) is 17.4. The number of nitrogens with one attached hydrogen (secondary N) is 4. The average molecular weight is 538 g/mol. The van der Waals surface area contributed by atoms with Crippen LogP contribution in [0, 0.1) is 0 Å². The average Bonchev–Trinajstić information content (AvgIpc) is 3.23. The Balaban J connectivity index is 2.27. The first-order valence-electron chi connectivity index (χ1n) is 10.9. The number of carboxylic acid groups (broad SMARTS) is 3. The maximum Gasteiger partial charge on any atom is 0.326 e. The summed E-state index contributed by atoms with van der Waals surface area (Å²) in [6.45, 7) is 0. The number of nitrogens with two attached hydrogens (primary N) is 1. The number of amides is 3. The molecular weight excluding hydrogens is 510 g/mol. The van der Waals surface area contributed by atoms with Crippen molar-refractivity contribution in [3.63, 3.8) is 0 Å². The normalized spacial score (nSPS) is 14.1. The van der Waals surface area contributed by atoms with Crippen molar-refractivity contribution >= 4 is 59.2 Å². The van der Waals surface area contributed by atoms with Crippen LogP contribution < -0.4 is 21.7 Å². The van der Waals surface area contributed by atoms with Crippen molar-refractivity contribution < 1.29 is 44.1 Å². The molecule has 0 aliphatic carbocycles. The van der Waals surface area contributed by atoms with Crippen molar-refractivity contribution in [3.05, 3.63) is 36.0 Å². The van der Waals surface area contributed by atoms with Gasteiger partial charge in [0.15, 0.2) is 0 Å². The van der Waals surface area contributed by atoms with Crippen LogP contribution in [0.25, 0.3) is 10.9 Å².